The summed E-state index contributed by atoms with van der Waals surface area (Å²) in [7, 11) is 1.36. The molecule has 0 saturated carbocycles. The zero-order valence-corrected chi connectivity index (χ0v) is 9.02. The first-order valence-electron chi connectivity index (χ1n) is 3.79. The van der Waals surface area contributed by atoms with Crippen LogP contribution in [0.3, 0.4) is 0 Å². The highest BCUT2D eigenvalue weighted by Crippen LogP contribution is 2.20. The third-order valence-corrected chi connectivity index (χ3v) is 2.98. The Kier molecular flexibility index (Phi) is 3.57. The number of hydrogen-bond acceptors (Lipinski definition) is 3. The molecule has 1 rings (SSSR count). The molecule has 0 aromatic carbocycles. The zero-order chi connectivity index (χ0) is 9.14. The minimum Gasteiger partial charge on any atom is -0.453 e. The number of rotatable bonds is 1. The number of carbonyl (C=O) groups excluding carboxylic acids is 1. The molecule has 4 nitrogen and oxygen atoms in total. The largest absolute Gasteiger partial charge is 0.453 e. The van der Waals surface area contributed by atoms with Crippen LogP contribution in [0.25, 0.3) is 0 Å². The fourth-order valence-corrected chi connectivity index (χ4v) is 2.43. The van der Waals surface area contributed by atoms with Gasteiger partial charge in [-0.3, -0.25) is 0 Å². The average molecular weight is 285 g/mol. The molecule has 70 valence electrons. The lowest BCUT2D eigenvalue weighted by molar-refractivity contribution is 0.0977. The number of likely N-dealkylation sites (tertiary alicyclic amines) is 1. The summed E-state index contributed by atoms with van der Waals surface area (Å²) in [5, 5.41) is 9.45. The number of methoxy groups -OCH3 is 1. The van der Waals surface area contributed by atoms with Gasteiger partial charge in [0.05, 0.1) is 19.3 Å². The maximum absolute atomic E-state index is 11.1. The molecule has 0 radical (unpaired) electrons. The van der Waals surface area contributed by atoms with Gasteiger partial charge in [0.15, 0.2) is 0 Å². The van der Waals surface area contributed by atoms with Gasteiger partial charge in [-0.25, -0.2) is 4.79 Å². The predicted octanol–water partition coefficient (Wildman–Crippen LogP) is 0.623. The normalized spacial score (nSPS) is 29.1. The average Bonchev–Trinajstić information content (AvgIpc) is 2.45. The van der Waals surface area contributed by atoms with Gasteiger partial charge in [0.1, 0.15) is 0 Å². The van der Waals surface area contributed by atoms with Crippen molar-refractivity contribution in [3.05, 3.63) is 0 Å². The van der Waals surface area contributed by atoms with E-state index in [0.29, 0.717) is 13.0 Å². The second-order valence-corrected chi connectivity index (χ2v) is 3.62. The van der Waals surface area contributed by atoms with E-state index in [1.807, 2.05) is 0 Å². The molecular weight excluding hydrogens is 273 g/mol. The summed E-state index contributed by atoms with van der Waals surface area (Å²) in [6, 6.07) is -0.0713. The van der Waals surface area contributed by atoms with Crippen LogP contribution >= 0.6 is 22.6 Å². The van der Waals surface area contributed by atoms with Crippen molar-refractivity contribution in [2.45, 2.75) is 18.6 Å². The van der Waals surface area contributed by atoms with Crippen LogP contribution in [-0.4, -0.2) is 46.3 Å². The van der Waals surface area contributed by atoms with E-state index in [4.69, 9.17) is 0 Å². The van der Waals surface area contributed by atoms with Crippen molar-refractivity contribution >= 4 is 28.7 Å². The number of hydrogen-bond donors (Lipinski definition) is 1. The second kappa shape index (κ2) is 4.27. The van der Waals surface area contributed by atoms with Gasteiger partial charge in [-0.2, -0.15) is 0 Å². The molecule has 1 aliphatic rings. The Morgan fingerprint density at radius 1 is 1.83 bits per heavy atom. The molecule has 2 unspecified atom stereocenters. The number of nitrogens with zero attached hydrogens (tertiary/aromatic N) is 1. The molecule has 1 N–H and O–H groups in total. The van der Waals surface area contributed by atoms with Crippen LogP contribution < -0.4 is 0 Å². The van der Waals surface area contributed by atoms with Crippen molar-refractivity contribution < 1.29 is 14.6 Å². The number of carbonyl (C=O) groups is 1. The number of ether oxygens (including phenoxy) is 1. The first-order chi connectivity index (χ1) is 5.70. The lowest BCUT2D eigenvalue weighted by atomic mass is 10.2. The van der Waals surface area contributed by atoms with Gasteiger partial charge in [0.2, 0.25) is 0 Å². The van der Waals surface area contributed by atoms with Gasteiger partial charge in [-0.1, -0.05) is 22.6 Å². The molecule has 1 saturated heterocycles. The van der Waals surface area contributed by atoms with E-state index < -0.39 is 0 Å². The predicted molar refractivity (Wildman–Crippen MR) is 52.4 cm³/mol. The molecule has 0 aromatic heterocycles. The molecule has 1 aliphatic heterocycles. The minimum absolute atomic E-state index is 0.0713. The van der Waals surface area contributed by atoms with Gasteiger partial charge in [0, 0.05) is 11.0 Å². The number of halogens is 1. The molecule has 0 aromatic rings. The molecule has 2 atom stereocenters. The van der Waals surface area contributed by atoms with E-state index in [2.05, 4.69) is 27.3 Å². The van der Waals surface area contributed by atoms with E-state index in [0.717, 1.165) is 4.43 Å². The molecule has 12 heavy (non-hydrogen) atoms. The van der Waals surface area contributed by atoms with E-state index in [1.165, 1.54) is 7.11 Å². The number of alkyl halides is 1. The van der Waals surface area contributed by atoms with Gasteiger partial charge < -0.3 is 14.7 Å². The highest BCUT2D eigenvalue weighted by molar-refractivity contribution is 14.1. The van der Waals surface area contributed by atoms with Gasteiger partial charge in [-0.15, -0.1) is 0 Å². The SMILES string of the molecule is COC(=O)N1CCC(O)C1CI. The summed E-state index contributed by atoms with van der Waals surface area (Å²) in [4.78, 5) is 12.7. The van der Waals surface area contributed by atoms with E-state index >= 15 is 0 Å². The fraction of sp³-hybridized carbons (Fsp3) is 0.857. The number of amides is 1. The Balaban J connectivity index is 2.60. The fourth-order valence-electron chi connectivity index (χ4n) is 1.37. The van der Waals surface area contributed by atoms with Crippen LogP contribution in [-0.2, 0) is 4.74 Å². The van der Waals surface area contributed by atoms with Crippen LogP contribution in [0, 0.1) is 0 Å². The highest BCUT2D eigenvalue weighted by atomic mass is 127. The Labute approximate surface area is 85.0 Å². The van der Waals surface area contributed by atoms with Gasteiger partial charge in [0.25, 0.3) is 0 Å². The number of aliphatic hydroxyl groups is 1. The van der Waals surface area contributed by atoms with Crippen molar-refractivity contribution in [2.75, 3.05) is 18.1 Å². The maximum Gasteiger partial charge on any atom is 0.409 e. The maximum atomic E-state index is 11.1. The molecular formula is C7H12INO3. The minimum atomic E-state index is -0.388. The topological polar surface area (TPSA) is 49.8 Å². The molecule has 0 aliphatic carbocycles. The molecule has 0 bridgehead atoms. The van der Waals surface area contributed by atoms with E-state index in [9.17, 15) is 9.90 Å². The van der Waals surface area contributed by atoms with E-state index in [-0.39, 0.29) is 18.2 Å². The smallest absolute Gasteiger partial charge is 0.409 e. The monoisotopic (exact) mass is 285 g/mol. The van der Waals surface area contributed by atoms with Crippen molar-refractivity contribution in [1.82, 2.24) is 4.90 Å². The Hall–Kier alpha value is -0.0400. The zero-order valence-electron chi connectivity index (χ0n) is 6.86. The lowest BCUT2D eigenvalue weighted by Crippen LogP contribution is -2.40. The van der Waals surface area contributed by atoms with Crippen LogP contribution in [0.2, 0.25) is 0 Å². The molecule has 1 amide bonds. The van der Waals surface area contributed by atoms with Crippen molar-refractivity contribution in [3.8, 4) is 0 Å². The van der Waals surface area contributed by atoms with Gasteiger partial charge in [-0.05, 0) is 6.42 Å². The summed E-state index contributed by atoms with van der Waals surface area (Å²) >= 11 is 2.16. The van der Waals surface area contributed by atoms with E-state index in [1.54, 1.807) is 4.90 Å². The van der Waals surface area contributed by atoms with Crippen LogP contribution in [0.1, 0.15) is 6.42 Å². The Morgan fingerprint density at radius 2 is 2.50 bits per heavy atom. The summed E-state index contributed by atoms with van der Waals surface area (Å²) in [6.45, 7) is 0.599. The first kappa shape index (κ1) is 10.0. The third-order valence-electron chi connectivity index (χ3n) is 2.08. The Bertz CT molecular complexity index is 176. The first-order valence-corrected chi connectivity index (χ1v) is 5.32. The summed E-state index contributed by atoms with van der Waals surface area (Å²) < 4.78 is 5.33. The van der Waals surface area contributed by atoms with Gasteiger partial charge >= 0.3 is 6.09 Å². The second-order valence-electron chi connectivity index (χ2n) is 2.74. The molecule has 1 fully saturated rings. The lowest BCUT2D eigenvalue weighted by Gasteiger charge is -2.22. The summed E-state index contributed by atoms with van der Waals surface area (Å²) in [5.41, 5.74) is 0. The third kappa shape index (κ3) is 1.82. The highest BCUT2D eigenvalue weighted by Gasteiger charge is 2.35. The summed E-state index contributed by atoms with van der Waals surface area (Å²) in [5.74, 6) is 0. The van der Waals surface area contributed by atoms with Crippen LogP contribution in [0.15, 0.2) is 0 Å². The van der Waals surface area contributed by atoms with Crippen LogP contribution in [0.5, 0.6) is 0 Å². The van der Waals surface area contributed by atoms with Crippen LogP contribution in [0.4, 0.5) is 4.79 Å². The van der Waals surface area contributed by atoms with Crippen molar-refractivity contribution in [1.29, 1.82) is 0 Å². The standard InChI is InChI=1S/C7H12INO3/c1-12-7(11)9-3-2-6(10)5(9)4-8/h5-6,10H,2-4H2,1H3. The molecule has 5 heteroatoms. The van der Waals surface area contributed by atoms with Crippen molar-refractivity contribution in [3.63, 3.8) is 0 Å². The Morgan fingerprint density at radius 3 is 3.00 bits per heavy atom. The quantitative estimate of drug-likeness (QED) is 0.567. The molecule has 1 heterocycles. The van der Waals surface area contributed by atoms with Crippen molar-refractivity contribution in [2.24, 2.45) is 0 Å². The number of aliphatic hydroxyl groups excluding tert-OH is 1. The summed E-state index contributed by atoms with van der Waals surface area (Å²) in [6.07, 6.45) is -0.0721. The molecule has 0 spiro atoms.